The fraction of sp³-hybridized carbons (Fsp3) is 0.357. The summed E-state index contributed by atoms with van der Waals surface area (Å²) in [7, 11) is 1.88. The van der Waals surface area contributed by atoms with Crippen LogP contribution < -0.4 is 10.5 Å². The van der Waals surface area contributed by atoms with Gasteiger partial charge in [-0.05, 0) is 20.8 Å². The Morgan fingerprint density at radius 1 is 1.33 bits per heavy atom. The number of nitrogens with one attached hydrogen (secondary N) is 1. The van der Waals surface area contributed by atoms with Gasteiger partial charge in [-0.15, -0.1) is 5.10 Å². The Morgan fingerprint density at radius 2 is 2.05 bits per heavy atom. The van der Waals surface area contributed by atoms with Crippen molar-refractivity contribution < 1.29 is 4.74 Å². The van der Waals surface area contributed by atoms with Gasteiger partial charge in [0.2, 0.25) is 11.8 Å². The van der Waals surface area contributed by atoms with Gasteiger partial charge in [-0.2, -0.15) is 10.4 Å². The Labute approximate surface area is 122 Å². The molecule has 1 aliphatic heterocycles. The second-order valence-corrected chi connectivity index (χ2v) is 5.20. The number of nitrogens with zero attached hydrogens (tertiary/aromatic N) is 4. The molecule has 7 heteroatoms. The zero-order valence-corrected chi connectivity index (χ0v) is 12.4. The summed E-state index contributed by atoms with van der Waals surface area (Å²) < 4.78 is 7.27. The van der Waals surface area contributed by atoms with Crippen LogP contribution in [0.15, 0.2) is 11.5 Å². The molecule has 3 N–H and O–H groups in total. The SMILES string of the molecule is Cc1nn(C)c(C)c1[C@@H]1C(C#N)=C(N)Oc2n[nH]c(C)c21. The fourth-order valence-corrected chi connectivity index (χ4v) is 2.90. The molecule has 0 unspecified atom stereocenters. The number of aryl methyl sites for hydroxylation is 3. The predicted molar refractivity (Wildman–Crippen MR) is 75.3 cm³/mol. The Morgan fingerprint density at radius 3 is 2.62 bits per heavy atom. The van der Waals surface area contributed by atoms with E-state index in [-0.39, 0.29) is 11.8 Å². The maximum Gasteiger partial charge on any atom is 0.244 e. The van der Waals surface area contributed by atoms with Crippen molar-refractivity contribution in [2.45, 2.75) is 26.7 Å². The lowest BCUT2D eigenvalue weighted by molar-refractivity contribution is 0.378. The van der Waals surface area contributed by atoms with Crippen molar-refractivity contribution in [1.82, 2.24) is 20.0 Å². The number of rotatable bonds is 1. The monoisotopic (exact) mass is 284 g/mol. The van der Waals surface area contributed by atoms with E-state index in [1.54, 1.807) is 4.68 Å². The summed E-state index contributed by atoms with van der Waals surface area (Å²) in [5, 5.41) is 21.0. The van der Waals surface area contributed by atoms with Crippen molar-refractivity contribution in [3.63, 3.8) is 0 Å². The minimum atomic E-state index is -0.300. The number of hydrogen-bond donors (Lipinski definition) is 2. The van der Waals surface area contributed by atoms with Crippen LogP contribution in [0.5, 0.6) is 5.88 Å². The third-order valence-electron chi connectivity index (χ3n) is 3.98. The summed E-state index contributed by atoms with van der Waals surface area (Å²) >= 11 is 0. The number of nitrogens with two attached hydrogens (primary N) is 1. The van der Waals surface area contributed by atoms with Crippen molar-refractivity contribution in [1.29, 1.82) is 5.26 Å². The molecule has 3 rings (SSSR count). The Hall–Kier alpha value is -2.75. The maximum atomic E-state index is 9.51. The molecule has 0 fully saturated rings. The number of allylic oxidation sites excluding steroid dienone is 1. The topological polar surface area (TPSA) is 106 Å². The minimum Gasteiger partial charge on any atom is -0.420 e. The van der Waals surface area contributed by atoms with Gasteiger partial charge in [0.15, 0.2) is 0 Å². The fourth-order valence-electron chi connectivity index (χ4n) is 2.90. The van der Waals surface area contributed by atoms with Crippen molar-refractivity contribution in [3.8, 4) is 11.9 Å². The molecule has 7 nitrogen and oxygen atoms in total. The number of aromatic amines is 1. The van der Waals surface area contributed by atoms with Crippen LogP contribution in [0.1, 0.15) is 34.1 Å². The van der Waals surface area contributed by atoms with Gasteiger partial charge in [0, 0.05) is 29.6 Å². The molecule has 0 bridgehead atoms. The number of H-pyrrole nitrogens is 1. The quantitative estimate of drug-likeness (QED) is 0.820. The first-order chi connectivity index (χ1) is 9.95. The van der Waals surface area contributed by atoms with E-state index in [0.29, 0.717) is 11.5 Å². The summed E-state index contributed by atoms with van der Waals surface area (Å²) in [6.07, 6.45) is 0. The number of aromatic nitrogens is 4. The second kappa shape index (κ2) is 4.38. The average Bonchev–Trinajstić information content (AvgIpc) is 2.90. The molecule has 0 aromatic carbocycles. The lowest BCUT2D eigenvalue weighted by atomic mass is 9.83. The van der Waals surface area contributed by atoms with Gasteiger partial charge in [0.1, 0.15) is 11.6 Å². The van der Waals surface area contributed by atoms with E-state index in [0.717, 1.165) is 28.2 Å². The molecule has 0 saturated heterocycles. The highest BCUT2D eigenvalue weighted by molar-refractivity contribution is 5.56. The first-order valence-electron chi connectivity index (χ1n) is 6.58. The summed E-state index contributed by atoms with van der Waals surface area (Å²) in [5.41, 5.74) is 10.8. The lowest BCUT2D eigenvalue weighted by Gasteiger charge is -2.23. The van der Waals surface area contributed by atoms with E-state index in [2.05, 4.69) is 21.4 Å². The summed E-state index contributed by atoms with van der Waals surface area (Å²) in [6.45, 7) is 5.81. The van der Waals surface area contributed by atoms with Crippen LogP contribution in [-0.2, 0) is 7.05 Å². The van der Waals surface area contributed by atoms with Crippen LogP contribution >= 0.6 is 0 Å². The predicted octanol–water partition coefficient (Wildman–Crippen LogP) is 1.29. The molecule has 21 heavy (non-hydrogen) atoms. The molecule has 2 aromatic rings. The van der Waals surface area contributed by atoms with Gasteiger partial charge in [-0.3, -0.25) is 9.78 Å². The molecular formula is C14H16N6O. The molecular weight excluding hydrogens is 268 g/mol. The highest BCUT2D eigenvalue weighted by atomic mass is 16.5. The van der Waals surface area contributed by atoms with Crippen LogP contribution in [0, 0.1) is 32.1 Å². The first kappa shape index (κ1) is 13.2. The van der Waals surface area contributed by atoms with Gasteiger partial charge < -0.3 is 10.5 Å². The molecule has 0 radical (unpaired) electrons. The van der Waals surface area contributed by atoms with E-state index in [1.807, 2.05) is 27.8 Å². The smallest absolute Gasteiger partial charge is 0.244 e. The van der Waals surface area contributed by atoms with Crippen molar-refractivity contribution in [2.75, 3.05) is 0 Å². The number of ether oxygens (including phenoxy) is 1. The summed E-state index contributed by atoms with van der Waals surface area (Å²) in [4.78, 5) is 0. The highest BCUT2D eigenvalue weighted by Crippen LogP contribution is 2.44. The van der Waals surface area contributed by atoms with Gasteiger partial charge in [0.05, 0.1) is 11.6 Å². The van der Waals surface area contributed by atoms with Crippen LogP contribution in [0.3, 0.4) is 0 Å². The highest BCUT2D eigenvalue weighted by Gasteiger charge is 2.37. The zero-order valence-electron chi connectivity index (χ0n) is 12.4. The Kier molecular flexibility index (Phi) is 2.76. The van der Waals surface area contributed by atoms with Crippen LogP contribution in [0.4, 0.5) is 0 Å². The molecule has 3 heterocycles. The third-order valence-corrected chi connectivity index (χ3v) is 3.98. The number of hydrogen-bond acceptors (Lipinski definition) is 5. The number of nitriles is 1. The van der Waals surface area contributed by atoms with Crippen LogP contribution in [0.25, 0.3) is 0 Å². The first-order valence-corrected chi connectivity index (χ1v) is 6.58. The van der Waals surface area contributed by atoms with Crippen molar-refractivity contribution >= 4 is 0 Å². The standard InChI is InChI=1S/C14H16N6O/c1-6-11-12(10-7(2)19-20(4)8(10)3)9(5-15)13(16)21-14(11)18-17-6/h12H,16H2,1-4H3,(H,17,18)/t12-/m0/s1. The van der Waals surface area contributed by atoms with E-state index < -0.39 is 0 Å². The van der Waals surface area contributed by atoms with Gasteiger partial charge in [-0.1, -0.05) is 0 Å². The van der Waals surface area contributed by atoms with E-state index in [4.69, 9.17) is 10.5 Å². The van der Waals surface area contributed by atoms with Crippen molar-refractivity contribution in [3.05, 3.63) is 39.7 Å². The third kappa shape index (κ3) is 1.72. The molecule has 2 aromatic heterocycles. The van der Waals surface area contributed by atoms with Gasteiger partial charge in [0.25, 0.3) is 0 Å². The minimum absolute atomic E-state index is 0.101. The molecule has 0 amide bonds. The zero-order chi connectivity index (χ0) is 15.3. The van der Waals surface area contributed by atoms with E-state index in [1.165, 1.54) is 0 Å². The maximum absolute atomic E-state index is 9.51. The molecule has 1 atom stereocenters. The average molecular weight is 284 g/mol. The Balaban J connectivity index is 2.33. The van der Waals surface area contributed by atoms with E-state index in [9.17, 15) is 5.26 Å². The largest absolute Gasteiger partial charge is 0.420 e. The molecule has 108 valence electrons. The normalized spacial score (nSPS) is 17.4. The van der Waals surface area contributed by atoms with Crippen LogP contribution in [-0.4, -0.2) is 20.0 Å². The van der Waals surface area contributed by atoms with E-state index >= 15 is 0 Å². The molecule has 0 spiro atoms. The number of fused-ring (bicyclic) bond motifs is 1. The Bertz CT molecular complexity index is 804. The lowest BCUT2D eigenvalue weighted by Crippen LogP contribution is -2.21. The van der Waals surface area contributed by atoms with Gasteiger partial charge >= 0.3 is 0 Å². The molecule has 0 aliphatic carbocycles. The summed E-state index contributed by atoms with van der Waals surface area (Å²) in [6, 6.07) is 2.17. The van der Waals surface area contributed by atoms with Gasteiger partial charge in [-0.25, -0.2) is 0 Å². The molecule has 1 aliphatic rings. The van der Waals surface area contributed by atoms with Crippen molar-refractivity contribution in [2.24, 2.45) is 12.8 Å². The summed E-state index contributed by atoms with van der Waals surface area (Å²) in [5.74, 6) is 0.229. The molecule has 0 saturated carbocycles. The second-order valence-electron chi connectivity index (χ2n) is 5.20. The van der Waals surface area contributed by atoms with Crippen LogP contribution in [0.2, 0.25) is 0 Å².